The number of hydrogen-bond acceptors (Lipinski definition) is 5. The van der Waals surface area contributed by atoms with Crippen LogP contribution in [-0.4, -0.2) is 31.5 Å². The van der Waals surface area contributed by atoms with Gasteiger partial charge in [0.2, 0.25) is 0 Å². The van der Waals surface area contributed by atoms with Gasteiger partial charge in [-0.05, 0) is 35.9 Å². The van der Waals surface area contributed by atoms with Crippen LogP contribution < -0.4 is 9.47 Å². The Balaban J connectivity index is 1.88. The van der Waals surface area contributed by atoms with E-state index in [1.54, 1.807) is 26.6 Å². The molecule has 0 radical (unpaired) electrons. The van der Waals surface area contributed by atoms with Gasteiger partial charge in [0, 0.05) is 29.9 Å². The van der Waals surface area contributed by atoms with E-state index < -0.39 is 0 Å². The lowest BCUT2D eigenvalue weighted by Gasteiger charge is -2.13. The summed E-state index contributed by atoms with van der Waals surface area (Å²) in [6.07, 6.45) is 4.25. The zero-order chi connectivity index (χ0) is 18.9. The second-order valence-electron chi connectivity index (χ2n) is 5.82. The summed E-state index contributed by atoms with van der Waals surface area (Å²) in [6.45, 7) is 0.472. The first kappa shape index (κ1) is 18.5. The van der Waals surface area contributed by atoms with E-state index in [0.717, 1.165) is 17.5 Å². The van der Waals surface area contributed by atoms with Crippen LogP contribution in [0.3, 0.4) is 0 Å². The van der Waals surface area contributed by atoms with Gasteiger partial charge < -0.3 is 14.3 Å². The second-order valence-corrected chi connectivity index (χ2v) is 5.82. The van der Waals surface area contributed by atoms with Gasteiger partial charge in [-0.3, -0.25) is 4.98 Å². The van der Waals surface area contributed by atoms with E-state index in [2.05, 4.69) is 22.3 Å². The highest BCUT2D eigenvalue weighted by Crippen LogP contribution is 2.27. The first-order valence-corrected chi connectivity index (χ1v) is 8.68. The topological polar surface area (TPSA) is 52.9 Å². The normalized spacial score (nSPS) is 11.1. The van der Waals surface area contributed by atoms with Gasteiger partial charge >= 0.3 is 0 Å². The summed E-state index contributed by atoms with van der Waals surface area (Å²) in [6, 6.07) is 19.5. The summed E-state index contributed by atoms with van der Waals surface area (Å²) in [7, 11) is 3.26. The van der Waals surface area contributed by atoms with Crippen LogP contribution in [0.4, 0.5) is 0 Å². The number of hydrogen-bond donors (Lipinski definition) is 0. The molecule has 5 nitrogen and oxygen atoms in total. The quantitative estimate of drug-likeness (QED) is 0.344. The molecule has 3 rings (SSSR count). The molecular weight excluding hydrogens is 340 g/mol. The molecule has 0 aliphatic carbocycles. The van der Waals surface area contributed by atoms with Gasteiger partial charge in [-0.15, -0.1) is 0 Å². The Morgan fingerprint density at radius 3 is 2.52 bits per heavy atom. The fourth-order valence-corrected chi connectivity index (χ4v) is 2.68. The molecule has 1 heterocycles. The van der Waals surface area contributed by atoms with Crippen molar-refractivity contribution in [2.45, 2.75) is 6.42 Å². The van der Waals surface area contributed by atoms with Crippen LogP contribution in [0.25, 0.3) is 0 Å². The summed E-state index contributed by atoms with van der Waals surface area (Å²) in [5.41, 5.74) is 3.47. The molecule has 27 heavy (non-hydrogen) atoms. The summed E-state index contributed by atoms with van der Waals surface area (Å²) in [5.74, 6) is 1.40. The molecule has 0 atom stereocenters. The number of oxime groups is 1. The third-order valence-electron chi connectivity index (χ3n) is 4.08. The summed E-state index contributed by atoms with van der Waals surface area (Å²) < 4.78 is 10.9. The monoisotopic (exact) mass is 362 g/mol. The third-order valence-corrected chi connectivity index (χ3v) is 4.08. The lowest BCUT2D eigenvalue weighted by atomic mass is 10.0. The largest absolute Gasteiger partial charge is 0.497 e. The van der Waals surface area contributed by atoms with Crippen LogP contribution in [0.1, 0.15) is 16.7 Å². The number of aromatic nitrogens is 1. The van der Waals surface area contributed by atoms with E-state index in [1.165, 1.54) is 5.56 Å². The fourth-order valence-electron chi connectivity index (χ4n) is 2.68. The number of nitrogens with zero attached hydrogens (tertiary/aromatic N) is 2. The molecule has 0 unspecified atom stereocenters. The van der Waals surface area contributed by atoms with Crippen molar-refractivity contribution >= 4 is 5.71 Å². The van der Waals surface area contributed by atoms with E-state index >= 15 is 0 Å². The molecule has 0 N–H and O–H groups in total. The number of benzene rings is 2. The second kappa shape index (κ2) is 9.38. The van der Waals surface area contributed by atoms with Crippen LogP contribution in [0.2, 0.25) is 0 Å². The van der Waals surface area contributed by atoms with E-state index in [4.69, 9.17) is 14.3 Å². The number of ether oxygens (including phenoxy) is 2. The summed E-state index contributed by atoms with van der Waals surface area (Å²) in [5, 5.41) is 4.40. The minimum Gasteiger partial charge on any atom is -0.497 e. The van der Waals surface area contributed by atoms with Crippen molar-refractivity contribution in [1.29, 1.82) is 0 Å². The Morgan fingerprint density at radius 2 is 1.81 bits per heavy atom. The highest BCUT2D eigenvalue weighted by atomic mass is 16.6. The van der Waals surface area contributed by atoms with Crippen LogP contribution in [0.15, 0.2) is 78.2 Å². The third kappa shape index (κ3) is 4.85. The average Bonchev–Trinajstić information content (AvgIpc) is 2.74. The van der Waals surface area contributed by atoms with Gasteiger partial charge in [0.15, 0.2) is 0 Å². The molecule has 1 aromatic heterocycles. The number of pyridine rings is 1. The first-order chi connectivity index (χ1) is 13.3. The van der Waals surface area contributed by atoms with Crippen molar-refractivity contribution in [3.8, 4) is 11.5 Å². The SMILES string of the molecule is COc1ccc(OC)c(C(=NOCCc2ccccc2)c2cccnc2)c1. The van der Waals surface area contributed by atoms with Crippen molar-refractivity contribution in [2.75, 3.05) is 20.8 Å². The Bertz CT molecular complexity index is 881. The lowest BCUT2D eigenvalue weighted by Crippen LogP contribution is -2.08. The van der Waals surface area contributed by atoms with Gasteiger partial charge in [-0.2, -0.15) is 0 Å². The highest BCUT2D eigenvalue weighted by Gasteiger charge is 2.15. The summed E-state index contributed by atoms with van der Waals surface area (Å²) >= 11 is 0. The first-order valence-electron chi connectivity index (χ1n) is 8.68. The lowest BCUT2D eigenvalue weighted by molar-refractivity contribution is 0.148. The molecule has 0 amide bonds. The molecule has 0 saturated carbocycles. The molecule has 0 aliphatic rings. The zero-order valence-electron chi connectivity index (χ0n) is 15.5. The van der Waals surface area contributed by atoms with Crippen LogP contribution >= 0.6 is 0 Å². The van der Waals surface area contributed by atoms with E-state index in [0.29, 0.717) is 23.8 Å². The maximum absolute atomic E-state index is 5.65. The Labute approximate surface area is 159 Å². The Kier molecular flexibility index (Phi) is 6.41. The molecule has 0 fully saturated rings. The van der Waals surface area contributed by atoms with Crippen LogP contribution in [0.5, 0.6) is 11.5 Å². The fraction of sp³-hybridized carbons (Fsp3) is 0.182. The zero-order valence-corrected chi connectivity index (χ0v) is 15.5. The molecule has 138 valence electrons. The molecule has 2 aromatic carbocycles. The van der Waals surface area contributed by atoms with Crippen LogP contribution in [-0.2, 0) is 11.3 Å². The Morgan fingerprint density at radius 1 is 0.963 bits per heavy atom. The minimum atomic E-state index is 0.472. The van der Waals surface area contributed by atoms with Crippen molar-refractivity contribution < 1.29 is 14.3 Å². The van der Waals surface area contributed by atoms with Crippen molar-refractivity contribution in [2.24, 2.45) is 5.16 Å². The number of methoxy groups -OCH3 is 2. The molecular formula is C22H22N2O3. The maximum atomic E-state index is 5.65. The standard InChI is InChI=1S/C22H22N2O3/c1-25-19-10-11-21(26-2)20(15-19)22(18-9-6-13-23-16-18)24-27-14-12-17-7-4-3-5-8-17/h3-11,13,15-16H,12,14H2,1-2H3. The molecule has 5 heteroatoms. The van der Waals surface area contributed by atoms with Gasteiger partial charge in [-0.1, -0.05) is 35.5 Å². The molecule has 0 saturated heterocycles. The highest BCUT2D eigenvalue weighted by molar-refractivity contribution is 6.14. The summed E-state index contributed by atoms with van der Waals surface area (Å²) in [4.78, 5) is 9.84. The van der Waals surface area contributed by atoms with Gasteiger partial charge in [0.25, 0.3) is 0 Å². The molecule has 0 aliphatic heterocycles. The molecule has 0 spiro atoms. The van der Waals surface area contributed by atoms with Gasteiger partial charge in [-0.25, -0.2) is 0 Å². The van der Waals surface area contributed by atoms with Crippen molar-refractivity contribution in [3.63, 3.8) is 0 Å². The maximum Gasteiger partial charge on any atom is 0.128 e. The predicted octanol–water partition coefficient (Wildman–Crippen LogP) is 4.11. The van der Waals surface area contributed by atoms with Crippen molar-refractivity contribution in [1.82, 2.24) is 4.98 Å². The Hall–Kier alpha value is -3.34. The van der Waals surface area contributed by atoms with E-state index in [9.17, 15) is 0 Å². The van der Waals surface area contributed by atoms with Gasteiger partial charge in [0.1, 0.15) is 23.8 Å². The predicted molar refractivity (Wildman–Crippen MR) is 106 cm³/mol. The van der Waals surface area contributed by atoms with E-state index in [-0.39, 0.29) is 0 Å². The van der Waals surface area contributed by atoms with Crippen molar-refractivity contribution in [3.05, 3.63) is 89.7 Å². The minimum absolute atomic E-state index is 0.472. The van der Waals surface area contributed by atoms with E-state index in [1.807, 2.05) is 48.5 Å². The van der Waals surface area contributed by atoms with Gasteiger partial charge in [0.05, 0.1) is 14.2 Å². The molecule has 0 bridgehead atoms. The van der Waals surface area contributed by atoms with Crippen LogP contribution in [0, 0.1) is 0 Å². The molecule has 3 aromatic rings. The average molecular weight is 362 g/mol. The number of rotatable bonds is 8. The smallest absolute Gasteiger partial charge is 0.128 e.